The normalized spacial score (nSPS) is 12.5. The van der Waals surface area contributed by atoms with Gasteiger partial charge in [0.2, 0.25) is 0 Å². The van der Waals surface area contributed by atoms with Gasteiger partial charge >= 0.3 is 76.0 Å². The molecule has 0 aromatic carbocycles. The predicted octanol–water partition coefficient (Wildman–Crippen LogP) is 5.44. The third kappa shape index (κ3) is 18.6. The van der Waals surface area contributed by atoms with Crippen LogP contribution >= 0.6 is 0 Å². The van der Waals surface area contributed by atoms with Gasteiger partial charge in [0, 0.05) is 0 Å². The quantitative estimate of drug-likeness (QED) is 0.420. The van der Waals surface area contributed by atoms with Gasteiger partial charge in [-0.15, -0.1) is 0 Å². The van der Waals surface area contributed by atoms with Crippen molar-refractivity contribution in [3.05, 3.63) is 24.7 Å². The van der Waals surface area contributed by atoms with Gasteiger partial charge in [0.1, 0.15) is 0 Å². The molecule has 0 spiro atoms. The summed E-state index contributed by atoms with van der Waals surface area (Å²) in [6.07, 6.45) is 12.7. The Kier molecular flexibility index (Phi) is 21.1. The van der Waals surface area contributed by atoms with Crippen LogP contribution in [0.2, 0.25) is 9.38 Å². The standard InChI is InChI=1S/C8H17.C6H10O.CH3.Sn/c1-4-6-7-8(3)5-2;1-3-5-7-6-4-2;;/h8H,3-7H2,1-2H3;3-6H,1-2H3;1H3;. The van der Waals surface area contributed by atoms with E-state index in [-0.39, 0.29) is 21.1 Å². The van der Waals surface area contributed by atoms with E-state index >= 15 is 0 Å². The first kappa shape index (κ1) is 19.4. The van der Waals surface area contributed by atoms with Gasteiger partial charge in [-0.05, 0) is 13.8 Å². The van der Waals surface area contributed by atoms with Gasteiger partial charge in [-0.3, -0.25) is 0 Å². The zero-order valence-electron chi connectivity index (χ0n) is 12.3. The summed E-state index contributed by atoms with van der Waals surface area (Å²) in [5.74, 6) is 1.09. The summed E-state index contributed by atoms with van der Waals surface area (Å²) >= 11 is 0.0956. The Morgan fingerprint density at radius 1 is 1.12 bits per heavy atom. The summed E-state index contributed by atoms with van der Waals surface area (Å²) in [4.78, 5) is 2.46. The molecule has 0 aliphatic heterocycles. The van der Waals surface area contributed by atoms with Gasteiger partial charge in [0.25, 0.3) is 0 Å². The molecule has 0 aliphatic rings. The Balaban J connectivity index is 0. The van der Waals surface area contributed by atoms with Crippen LogP contribution in [0.3, 0.4) is 0 Å². The van der Waals surface area contributed by atoms with Crippen LogP contribution in [-0.4, -0.2) is 21.1 Å². The number of rotatable bonds is 8. The van der Waals surface area contributed by atoms with Crippen molar-refractivity contribution >= 4 is 21.1 Å². The number of ether oxygens (including phenoxy) is 1. The summed E-state index contributed by atoms with van der Waals surface area (Å²) < 4.78 is 6.38. The summed E-state index contributed by atoms with van der Waals surface area (Å²) in [5, 5.41) is 0. The van der Waals surface area contributed by atoms with E-state index in [0.29, 0.717) is 0 Å². The minimum absolute atomic E-state index is 0.0956. The summed E-state index contributed by atoms with van der Waals surface area (Å²) in [7, 11) is 0. The molecule has 2 radical (unpaired) electrons. The van der Waals surface area contributed by atoms with Gasteiger partial charge in [0.05, 0.1) is 12.5 Å². The molecule has 0 N–H and O–H groups in total. The first-order valence-corrected chi connectivity index (χ1v) is 11.7. The van der Waals surface area contributed by atoms with Crippen LogP contribution in [0.15, 0.2) is 24.7 Å². The molecule has 0 aromatic rings. The van der Waals surface area contributed by atoms with Crippen LogP contribution in [0, 0.1) is 5.92 Å². The van der Waals surface area contributed by atoms with E-state index < -0.39 is 0 Å². The van der Waals surface area contributed by atoms with Gasteiger partial charge < -0.3 is 4.74 Å². The second-order valence-electron chi connectivity index (χ2n) is 4.05. The van der Waals surface area contributed by atoms with E-state index in [9.17, 15) is 0 Å². The molecule has 0 fully saturated rings. The molecule has 0 amide bonds. The van der Waals surface area contributed by atoms with Crippen molar-refractivity contribution < 1.29 is 4.74 Å². The molecule has 1 nitrogen and oxygen atoms in total. The van der Waals surface area contributed by atoms with Crippen LogP contribution in [0.5, 0.6) is 0 Å². The Hall–Kier alpha value is 0.0787. The Labute approximate surface area is 119 Å². The maximum absolute atomic E-state index is 4.77. The fourth-order valence-electron chi connectivity index (χ4n) is 1.43. The Bertz CT molecular complexity index is 166. The van der Waals surface area contributed by atoms with E-state index in [1.165, 1.54) is 25.7 Å². The van der Waals surface area contributed by atoms with Crippen LogP contribution < -0.4 is 0 Å². The van der Waals surface area contributed by atoms with E-state index in [2.05, 4.69) is 18.8 Å². The molecule has 0 rings (SSSR count). The molecule has 2 heteroatoms. The molecule has 1 unspecified atom stereocenters. The molecule has 1 atom stereocenters. The molecule has 0 saturated heterocycles. The molecular weight excluding hydrogens is 315 g/mol. The van der Waals surface area contributed by atoms with Crippen molar-refractivity contribution in [2.75, 3.05) is 0 Å². The van der Waals surface area contributed by atoms with Crippen molar-refractivity contribution in [1.29, 1.82) is 0 Å². The number of hydrogen-bond acceptors (Lipinski definition) is 1. The zero-order valence-corrected chi connectivity index (χ0v) is 15.2. The third-order valence-corrected chi connectivity index (χ3v) is 5.28. The topological polar surface area (TPSA) is 9.23 Å². The van der Waals surface area contributed by atoms with E-state index in [1.807, 2.05) is 26.0 Å². The third-order valence-electron chi connectivity index (χ3n) is 2.47. The average Bonchev–Trinajstić information content (AvgIpc) is 2.36. The molecular formula is C15H30OSn. The van der Waals surface area contributed by atoms with E-state index in [0.717, 1.165) is 5.92 Å². The summed E-state index contributed by atoms with van der Waals surface area (Å²) in [5.41, 5.74) is 0. The molecule has 17 heavy (non-hydrogen) atoms. The molecule has 0 bridgehead atoms. The zero-order chi connectivity index (χ0) is 13.4. The van der Waals surface area contributed by atoms with Crippen molar-refractivity contribution in [1.82, 2.24) is 0 Å². The molecule has 0 saturated carbocycles. The van der Waals surface area contributed by atoms with Gasteiger partial charge in [0.15, 0.2) is 0 Å². The Morgan fingerprint density at radius 2 is 1.71 bits per heavy atom. The van der Waals surface area contributed by atoms with Crippen LogP contribution in [0.4, 0.5) is 0 Å². The summed E-state index contributed by atoms with van der Waals surface area (Å²) in [6, 6.07) is 0. The Morgan fingerprint density at radius 3 is 2.06 bits per heavy atom. The molecule has 0 aromatic heterocycles. The van der Waals surface area contributed by atoms with Gasteiger partial charge in [-0.25, -0.2) is 0 Å². The SMILES string of the molecule is CC=COC=CC.CCCCC(CC)[CH2][Sn][CH3]. The van der Waals surface area contributed by atoms with Crippen LogP contribution in [-0.2, 0) is 4.74 Å². The van der Waals surface area contributed by atoms with Crippen molar-refractivity contribution in [2.45, 2.75) is 62.8 Å². The molecule has 100 valence electrons. The maximum atomic E-state index is 4.77. The molecule has 0 heterocycles. The fourth-order valence-corrected chi connectivity index (χ4v) is 4.49. The van der Waals surface area contributed by atoms with E-state index in [1.54, 1.807) is 17.0 Å². The van der Waals surface area contributed by atoms with Crippen molar-refractivity contribution in [3.8, 4) is 0 Å². The van der Waals surface area contributed by atoms with Gasteiger partial charge in [-0.2, -0.15) is 0 Å². The first-order chi connectivity index (χ1) is 8.26. The van der Waals surface area contributed by atoms with Crippen molar-refractivity contribution in [3.63, 3.8) is 0 Å². The average molecular weight is 345 g/mol. The first-order valence-electron chi connectivity index (χ1n) is 6.79. The predicted molar refractivity (Wildman–Crippen MR) is 80.4 cm³/mol. The van der Waals surface area contributed by atoms with Crippen LogP contribution in [0.1, 0.15) is 53.4 Å². The minimum atomic E-state index is 0.0956. The second kappa shape index (κ2) is 18.4. The van der Waals surface area contributed by atoms with Gasteiger partial charge in [-0.1, -0.05) is 12.2 Å². The number of hydrogen-bond donors (Lipinski definition) is 0. The van der Waals surface area contributed by atoms with E-state index in [4.69, 9.17) is 4.74 Å². The molecule has 0 aliphatic carbocycles. The van der Waals surface area contributed by atoms with Crippen LogP contribution in [0.25, 0.3) is 0 Å². The number of unbranched alkanes of at least 4 members (excludes halogenated alkanes) is 1. The second-order valence-corrected chi connectivity index (χ2v) is 7.23. The number of allylic oxidation sites excluding steroid dienone is 2. The fraction of sp³-hybridized carbons (Fsp3) is 0.733. The monoisotopic (exact) mass is 346 g/mol. The van der Waals surface area contributed by atoms with Crippen molar-refractivity contribution in [2.24, 2.45) is 5.92 Å². The summed E-state index contributed by atoms with van der Waals surface area (Å²) in [6.45, 7) is 8.45.